The number of aliphatic hydroxyl groups is 1. The van der Waals surface area contributed by atoms with Crippen molar-refractivity contribution in [3.8, 4) is 0 Å². The van der Waals surface area contributed by atoms with Crippen molar-refractivity contribution >= 4 is 43.9 Å². The minimum atomic E-state index is -3.11. The minimum Gasteiger partial charge on any atom is -0.394 e. The lowest BCUT2D eigenvalue weighted by atomic mass is 9.88. The van der Waals surface area contributed by atoms with Gasteiger partial charge in [-0.15, -0.1) is 0 Å². The molecule has 2 aliphatic rings. The van der Waals surface area contributed by atoms with Gasteiger partial charge in [-0.2, -0.15) is 4.98 Å². The standard InChI is InChI=1S/C30H40F2N6O4S/c1-5-43(40,41)17-21-16-38(20(21)4)25-7-6-22(19(2)3)23-14-28(34-15-24(23)25)35-27-8-10-33-29(36-27)37-11-9-26(42-13-12-39)30(31,32)18-37/h6-8,10,14-15,19-21,26,39H,5,9,11-13,16-18H2,1-4H3,(H,33,34,35,36)/t20-,21-,26-/m1/s1. The summed E-state index contributed by atoms with van der Waals surface area (Å²) >= 11 is 0. The fourth-order valence-electron chi connectivity index (χ4n) is 5.90. The zero-order valence-electron chi connectivity index (χ0n) is 25.0. The van der Waals surface area contributed by atoms with E-state index in [1.54, 1.807) is 13.0 Å². The molecule has 0 saturated carbocycles. The van der Waals surface area contributed by atoms with Gasteiger partial charge in [-0.05, 0) is 48.4 Å². The van der Waals surface area contributed by atoms with Gasteiger partial charge < -0.3 is 25.0 Å². The van der Waals surface area contributed by atoms with Crippen molar-refractivity contribution in [3.05, 3.63) is 42.2 Å². The van der Waals surface area contributed by atoms with E-state index in [2.05, 4.69) is 58.1 Å². The van der Waals surface area contributed by atoms with E-state index in [0.29, 0.717) is 24.7 Å². The number of hydrogen-bond acceptors (Lipinski definition) is 10. The second-order valence-electron chi connectivity index (χ2n) is 11.7. The number of aliphatic hydroxyl groups excluding tert-OH is 1. The van der Waals surface area contributed by atoms with Gasteiger partial charge in [0.15, 0.2) is 0 Å². The Balaban J connectivity index is 1.36. The first-order valence-electron chi connectivity index (χ1n) is 14.8. The smallest absolute Gasteiger partial charge is 0.290 e. The molecule has 2 fully saturated rings. The number of benzene rings is 1. The molecule has 4 heterocycles. The highest BCUT2D eigenvalue weighted by Gasteiger charge is 2.46. The molecule has 0 unspecified atom stereocenters. The van der Waals surface area contributed by atoms with Gasteiger partial charge in [0.05, 0.1) is 25.5 Å². The number of nitrogens with one attached hydrogen (secondary N) is 1. The van der Waals surface area contributed by atoms with E-state index in [9.17, 15) is 17.2 Å². The lowest BCUT2D eigenvalue weighted by molar-refractivity contribution is -0.146. The topological polar surface area (TPSA) is 121 Å². The first-order valence-corrected chi connectivity index (χ1v) is 16.6. The lowest BCUT2D eigenvalue weighted by Gasteiger charge is -2.48. The first-order chi connectivity index (χ1) is 20.4. The minimum absolute atomic E-state index is 0.0874. The Morgan fingerprint density at radius 3 is 2.65 bits per heavy atom. The fraction of sp³-hybridized carbons (Fsp3) is 0.567. The number of nitrogens with zero attached hydrogens (tertiary/aromatic N) is 5. The number of ether oxygens (including phenoxy) is 1. The monoisotopic (exact) mass is 618 g/mol. The molecule has 2 N–H and O–H groups in total. The first kappa shape index (κ1) is 31.3. The molecule has 0 amide bonds. The Labute approximate surface area is 251 Å². The number of alkyl halides is 2. The highest BCUT2D eigenvalue weighted by atomic mass is 32.2. The highest BCUT2D eigenvalue weighted by Crippen LogP contribution is 2.40. The van der Waals surface area contributed by atoms with E-state index >= 15 is 0 Å². The number of rotatable bonds is 11. The number of fused-ring (bicyclic) bond motifs is 1. The van der Waals surface area contributed by atoms with Crippen molar-refractivity contribution in [2.24, 2.45) is 5.92 Å². The Hall–Kier alpha value is -3.16. The SMILES string of the molecule is CCS(=O)(=O)C[C@H]1CN(c2ccc(C(C)C)c3cc(Nc4ccnc(N5CC[C@@H](OCCO)C(F)(F)C5)n4)ncc23)[C@@H]1C. The van der Waals surface area contributed by atoms with Crippen LogP contribution in [0.3, 0.4) is 0 Å². The van der Waals surface area contributed by atoms with Gasteiger partial charge in [-0.25, -0.2) is 27.2 Å². The normalized spacial score (nSPS) is 22.2. The third-order valence-corrected chi connectivity index (χ3v) is 10.3. The van der Waals surface area contributed by atoms with Crippen molar-refractivity contribution in [2.75, 3.05) is 59.5 Å². The summed E-state index contributed by atoms with van der Waals surface area (Å²) < 4.78 is 59.0. The van der Waals surface area contributed by atoms with Crippen LogP contribution >= 0.6 is 0 Å². The number of pyridine rings is 1. The Morgan fingerprint density at radius 2 is 1.98 bits per heavy atom. The second kappa shape index (κ2) is 12.4. The summed E-state index contributed by atoms with van der Waals surface area (Å²) in [4.78, 5) is 17.1. The number of anilines is 4. The summed E-state index contributed by atoms with van der Waals surface area (Å²) in [5, 5.41) is 14.2. The van der Waals surface area contributed by atoms with Gasteiger partial charge in [0, 0.05) is 54.3 Å². The Kier molecular flexibility index (Phi) is 9.05. The quantitative estimate of drug-likeness (QED) is 0.320. The molecule has 10 nitrogen and oxygen atoms in total. The maximum atomic E-state index is 14.7. The molecule has 0 spiro atoms. The van der Waals surface area contributed by atoms with Crippen LogP contribution in [0.2, 0.25) is 0 Å². The molecule has 1 aromatic carbocycles. The van der Waals surface area contributed by atoms with Crippen molar-refractivity contribution < 1.29 is 27.0 Å². The zero-order valence-corrected chi connectivity index (χ0v) is 25.8. The number of aromatic nitrogens is 3. The molecule has 2 saturated heterocycles. The van der Waals surface area contributed by atoms with Crippen LogP contribution in [0.5, 0.6) is 0 Å². The lowest BCUT2D eigenvalue weighted by Crippen LogP contribution is -2.57. The van der Waals surface area contributed by atoms with Crippen LogP contribution < -0.4 is 15.1 Å². The van der Waals surface area contributed by atoms with Crippen molar-refractivity contribution in [1.82, 2.24) is 15.0 Å². The van der Waals surface area contributed by atoms with Crippen LogP contribution in [-0.2, 0) is 14.6 Å². The van der Waals surface area contributed by atoms with E-state index in [1.807, 2.05) is 12.3 Å². The number of hydrogen-bond donors (Lipinski definition) is 2. The Morgan fingerprint density at radius 1 is 1.19 bits per heavy atom. The maximum Gasteiger partial charge on any atom is 0.290 e. The summed E-state index contributed by atoms with van der Waals surface area (Å²) in [6, 6.07) is 7.93. The summed E-state index contributed by atoms with van der Waals surface area (Å²) in [5.41, 5.74) is 2.17. The van der Waals surface area contributed by atoms with Crippen LogP contribution in [0.25, 0.3) is 10.8 Å². The van der Waals surface area contributed by atoms with E-state index in [4.69, 9.17) is 9.84 Å². The summed E-state index contributed by atoms with van der Waals surface area (Å²) in [6.45, 7) is 7.96. The predicted octanol–water partition coefficient (Wildman–Crippen LogP) is 4.37. The molecular weight excluding hydrogens is 578 g/mol. The van der Waals surface area contributed by atoms with Gasteiger partial charge in [0.25, 0.3) is 5.92 Å². The Bertz CT molecular complexity index is 1560. The molecule has 0 aliphatic carbocycles. The van der Waals surface area contributed by atoms with Crippen LogP contribution in [0, 0.1) is 5.92 Å². The summed E-state index contributed by atoms with van der Waals surface area (Å²) in [7, 11) is -3.05. The van der Waals surface area contributed by atoms with Gasteiger partial charge in [-0.1, -0.05) is 26.8 Å². The van der Waals surface area contributed by atoms with Gasteiger partial charge in [0.1, 0.15) is 27.6 Å². The van der Waals surface area contributed by atoms with Crippen LogP contribution in [0.4, 0.5) is 32.1 Å². The van der Waals surface area contributed by atoms with Crippen LogP contribution in [0.15, 0.2) is 36.7 Å². The average Bonchev–Trinajstić information content (AvgIpc) is 2.97. The summed E-state index contributed by atoms with van der Waals surface area (Å²) in [6.07, 6.45) is 2.18. The molecule has 0 radical (unpaired) electrons. The third kappa shape index (κ3) is 6.68. The van der Waals surface area contributed by atoms with E-state index in [0.717, 1.165) is 22.0 Å². The second-order valence-corrected chi connectivity index (χ2v) is 14.1. The van der Waals surface area contributed by atoms with Crippen LogP contribution in [-0.4, -0.2) is 90.9 Å². The predicted molar refractivity (Wildman–Crippen MR) is 164 cm³/mol. The largest absolute Gasteiger partial charge is 0.394 e. The van der Waals surface area contributed by atoms with Crippen LogP contribution in [0.1, 0.15) is 45.6 Å². The molecule has 3 aromatic rings. The molecule has 2 aromatic heterocycles. The fourth-order valence-corrected chi connectivity index (χ4v) is 7.17. The highest BCUT2D eigenvalue weighted by molar-refractivity contribution is 7.91. The molecule has 13 heteroatoms. The van der Waals surface area contributed by atoms with E-state index in [-0.39, 0.29) is 55.0 Å². The number of sulfone groups is 1. The molecule has 43 heavy (non-hydrogen) atoms. The van der Waals surface area contributed by atoms with Crippen molar-refractivity contribution in [3.63, 3.8) is 0 Å². The van der Waals surface area contributed by atoms with E-state index < -0.39 is 28.4 Å². The molecule has 2 aliphatic heterocycles. The zero-order chi connectivity index (χ0) is 30.9. The molecular formula is C30H40F2N6O4S. The third-order valence-electron chi connectivity index (χ3n) is 8.48. The molecule has 234 valence electrons. The maximum absolute atomic E-state index is 14.7. The average molecular weight is 619 g/mol. The van der Waals surface area contributed by atoms with Crippen molar-refractivity contribution in [2.45, 2.75) is 58.1 Å². The van der Waals surface area contributed by atoms with Gasteiger partial charge >= 0.3 is 0 Å². The summed E-state index contributed by atoms with van der Waals surface area (Å²) in [5.74, 6) is -1.25. The molecule has 3 atom stereocenters. The van der Waals surface area contributed by atoms with Gasteiger partial charge in [0.2, 0.25) is 5.95 Å². The number of piperidine rings is 1. The van der Waals surface area contributed by atoms with Gasteiger partial charge in [-0.3, -0.25) is 0 Å². The number of halogens is 2. The van der Waals surface area contributed by atoms with E-state index in [1.165, 1.54) is 11.1 Å². The molecule has 0 bridgehead atoms. The molecule has 5 rings (SSSR count). The van der Waals surface area contributed by atoms with Crippen molar-refractivity contribution in [1.29, 1.82) is 0 Å².